The van der Waals surface area contributed by atoms with E-state index in [2.05, 4.69) is 5.32 Å². The Balaban J connectivity index is 1.62. The Morgan fingerprint density at radius 2 is 1.74 bits per heavy atom. The Kier molecular flexibility index (Phi) is 3.42. The van der Waals surface area contributed by atoms with Crippen LogP contribution in [0.4, 0.5) is 0 Å². The van der Waals surface area contributed by atoms with Crippen LogP contribution in [0.15, 0.2) is 11.6 Å². The maximum Gasteiger partial charge on any atom is 0.331 e. The predicted octanol–water partition coefficient (Wildman–Crippen LogP) is 2.97. The zero-order valence-corrected chi connectivity index (χ0v) is 11.8. The molecule has 106 valence electrons. The summed E-state index contributed by atoms with van der Waals surface area (Å²) in [5, 5.41) is 12.7. The average molecular weight is 263 g/mol. The summed E-state index contributed by atoms with van der Waals surface area (Å²) in [6, 6.07) is 0. The molecule has 0 radical (unpaired) electrons. The van der Waals surface area contributed by atoms with Crippen molar-refractivity contribution >= 4 is 5.97 Å². The van der Waals surface area contributed by atoms with E-state index in [4.69, 9.17) is 5.11 Å². The molecule has 0 aromatic heterocycles. The highest BCUT2D eigenvalue weighted by atomic mass is 16.4. The highest BCUT2D eigenvalue weighted by Crippen LogP contribution is 2.55. The molecule has 4 rings (SSSR count). The van der Waals surface area contributed by atoms with Crippen LogP contribution in [0.3, 0.4) is 0 Å². The average Bonchev–Trinajstić information content (AvgIpc) is 2.32. The van der Waals surface area contributed by atoms with Crippen molar-refractivity contribution in [2.45, 2.75) is 57.4 Å². The van der Waals surface area contributed by atoms with Crippen LogP contribution in [0.25, 0.3) is 0 Å². The lowest BCUT2D eigenvalue weighted by Gasteiger charge is -2.57. The van der Waals surface area contributed by atoms with Crippen LogP contribution in [0.2, 0.25) is 0 Å². The van der Waals surface area contributed by atoms with Crippen LogP contribution >= 0.6 is 0 Å². The quantitative estimate of drug-likeness (QED) is 0.750. The lowest BCUT2D eigenvalue weighted by Crippen LogP contribution is -2.58. The number of rotatable bonds is 5. The summed E-state index contributed by atoms with van der Waals surface area (Å²) in [6.07, 6.45) is 10.8. The molecule has 4 fully saturated rings. The summed E-state index contributed by atoms with van der Waals surface area (Å²) >= 11 is 0. The molecular weight excluding hydrogens is 238 g/mol. The van der Waals surface area contributed by atoms with Crippen molar-refractivity contribution in [1.82, 2.24) is 5.32 Å². The molecule has 0 unspecified atom stereocenters. The number of carboxylic acid groups (broad SMARTS) is 1. The summed E-state index contributed by atoms with van der Waals surface area (Å²) in [4.78, 5) is 11.0. The van der Waals surface area contributed by atoms with Crippen LogP contribution in [0, 0.1) is 17.8 Å². The molecule has 2 N–H and O–H groups in total. The molecule has 0 aliphatic heterocycles. The number of carboxylic acids is 1. The van der Waals surface area contributed by atoms with E-state index >= 15 is 0 Å². The monoisotopic (exact) mass is 263 g/mol. The van der Waals surface area contributed by atoms with E-state index in [0.717, 1.165) is 24.3 Å². The second kappa shape index (κ2) is 4.93. The molecule has 0 spiro atoms. The summed E-state index contributed by atoms with van der Waals surface area (Å²) in [5.74, 6) is 2.04. The summed E-state index contributed by atoms with van der Waals surface area (Å²) in [6.45, 7) is 2.63. The van der Waals surface area contributed by atoms with Crippen molar-refractivity contribution in [1.29, 1.82) is 0 Å². The first kappa shape index (κ1) is 13.2. The number of hydrogen-bond donors (Lipinski definition) is 2. The van der Waals surface area contributed by atoms with Gasteiger partial charge in [0, 0.05) is 17.7 Å². The second-order valence-electron chi connectivity index (χ2n) is 6.97. The molecule has 4 saturated carbocycles. The Bertz CT molecular complexity index is 364. The topological polar surface area (TPSA) is 49.3 Å². The highest BCUT2D eigenvalue weighted by Gasteiger charge is 2.50. The lowest BCUT2D eigenvalue weighted by atomic mass is 9.53. The summed E-state index contributed by atoms with van der Waals surface area (Å²) < 4.78 is 0. The van der Waals surface area contributed by atoms with Crippen LogP contribution in [-0.2, 0) is 4.79 Å². The zero-order chi connectivity index (χ0) is 13.5. The van der Waals surface area contributed by atoms with Crippen LogP contribution < -0.4 is 5.32 Å². The van der Waals surface area contributed by atoms with Gasteiger partial charge in [0.25, 0.3) is 0 Å². The van der Waals surface area contributed by atoms with Crippen molar-refractivity contribution in [3.63, 3.8) is 0 Å². The number of aliphatic carboxylic acids is 1. The Morgan fingerprint density at radius 1 is 1.21 bits per heavy atom. The molecule has 0 aromatic rings. The van der Waals surface area contributed by atoms with Crippen molar-refractivity contribution in [2.24, 2.45) is 17.8 Å². The minimum atomic E-state index is -0.769. The first-order chi connectivity index (χ1) is 9.10. The van der Waals surface area contributed by atoms with E-state index in [9.17, 15) is 4.79 Å². The largest absolute Gasteiger partial charge is 0.478 e. The molecule has 19 heavy (non-hydrogen) atoms. The van der Waals surface area contributed by atoms with Crippen LogP contribution in [0.5, 0.6) is 0 Å². The molecule has 0 heterocycles. The minimum Gasteiger partial charge on any atom is -0.478 e. The maximum absolute atomic E-state index is 11.0. The van der Waals surface area contributed by atoms with Gasteiger partial charge in [-0.25, -0.2) is 4.79 Å². The predicted molar refractivity (Wildman–Crippen MR) is 74.9 cm³/mol. The fourth-order valence-electron chi connectivity index (χ4n) is 5.10. The Labute approximate surface area is 115 Å². The molecule has 4 bridgehead atoms. The Morgan fingerprint density at radius 3 is 2.16 bits per heavy atom. The molecule has 0 atom stereocenters. The van der Waals surface area contributed by atoms with E-state index in [-0.39, 0.29) is 0 Å². The van der Waals surface area contributed by atoms with Crippen LogP contribution in [0.1, 0.15) is 51.9 Å². The second-order valence-corrected chi connectivity index (χ2v) is 6.97. The first-order valence-corrected chi connectivity index (χ1v) is 7.77. The van der Waals surface area contributed by atoms with E-state index in [1.54, 1.807) is 0 Å². The fourth-order valence-corrected chi connectivity index (χ4v) is 5.10. The zero-order valence-electron chi connectivity index (χ0n) is 11.8. The third-order valence-corrected chi connectivity index (χ3v) is 5.52. The number of carbonyl (C=O) groups is 1. The smallest absolute Gasteiger partial charge is 0.331 e. The fraction of sp³-hybridized carbons (Fsp3) is 0.812. The van der Waals surface area contributed by atoms with Gasteiger partial charge in [-0.3, -0.25) is 0 Å². The lowest BCUT2D eigenvalue weighted by molar-refractivity contribution is -0.132. The Hall–Kier alpha value is -0.830. The molecule has 0 amide bonds. The van der Waals surface area contributed by atoms with Gasteiger partial charge in [-0.1, -0.05) is 13.0 Å². The maximum atomic E-state index is 11.0. The van der Waals surface area contributed by atoms with Gasteiger partial charge in [-0.05, 0) is 62.7 Å². The van der Waals surface area contributed by atoms with E-state index < -0.39 is 5.97 Å². The van der Waals surface area contributed by atoms with Gasteiger partial charge in [0.15, 0.2) is 0 Å². The number of hydrogen-bond acceptors (Lipinski definition) is 2. The summed E-state index contributed by atoms with van der Waals surface area (Å²) in [5.41, 5.74) is 0.875. The third-order valence-electron chi connectivity index (χ3n) is 5.52. The third kappa shape index (κ3) is 2.58. The molecule has 3 heteroatoms. The molecule has 4 aliphatic rings. The van der Waals surface area contributed by atoms with Crippen molar-refractivity contribution in [2.75, 3.05) is 6.54 Å². The van der Waals surface area contributed by atoms with Crippen LogP contribution in [-0.4, -0.2) is 23.2 Å². The van der Waals surface area contributed by atoms with Crippen molar-refractivity contribution in [3.8, 4) is 0 Å². The normalized spacial score (nSPS) is 40.7. The van der Waals surface area contributed by atoms with Gasteiger partial charge in [-0.2, -0.15) is 0 Å². The summed E-state index contributed by atoms with van der Waals surface area (Å²) in [7, 11) is 0. The molecule has 0 aromatic carbocycles. The van der Waals surface area contributed by atoms with E-state index in [0.29, 0.717) is 17.5 Å². The SMILES string of the molecule is CCC(=CCNC12CC3CC(CC(C3)C1)C2)C(=O)O. The highest BCUT2D eigenvalue weighted by molar-refractivity contribution is 5.86. The van der Waals surface area contributed by atoms with Gasteiger partial charge >= 0.3 is 5.97 Å². The van der Waals surface area contributed by atoms with E-state index in [1.807, 2.05) is 13.0 Å². The van der Waals surface area contributed by atoms with Crippen molar-refractivity contribution < 1.29 is 9.90 Å². The van der Waals surface area contributed by atoms with Crippen molar-refractivity contribution in [3.05, 3.63) is 11.6 Å². The standard InChI is InChI=1S/C16H25NO2/c1-2-14(15(18)19)3-4-17-16-8-11-5-12(9-16)7-13(6-11)10-16/h3,11-13,17H,2,4-10H2,1H3,(H,18,19). The van der Waals surface area contributed by atoms with E-state index in [1.165, 1.54) is 38.5 Å². The molecule has 0 saturated heterocycles. The van der Waals surface area contributed by atoms with Gasteiger partial charge in [0.2, 0.25) is 0 Å². The first-order valence-electron chi connectivity index (χ1n) is 7.77. The van der Waals surface area contributed by atoms with Gasteiger partial charge in [0.1, 0.15) is 0 Å². The molecular formula is C16H25NO2. The van der Waals surface area contributed by atoms with Gasteiger partial charge in [-0.15, -0.1) is 0 Å². The van der Waals surface area contributed by atoms with Gasteiger partial charge < -0.3 is 10.4 Å². The minimum absolute atomic E-state index is 0.336. The molecule has 4 aliphatic carbocycles. The molecule has 3 nitrogen and oxygen atoms in total. The number of nitrogens with one attached hydrogen (secondary N) is 1. The van der Waals surface area contributed by atoms with Gasteiger partial charge in [0.05, 0.1) is 0 Å².